The number of hydrogen-bond donors (Lipinski definition) is 2. The number of nitrogens with zero attached hydrogens (tertiary/aromatic N) is 3. The van der Waals surface area contributed by atoms with E-state index in [1.54, 1.807) is 24.3 Å². The van der Waals surface area contributed by atoms with E-state index in [1.165, 1.54) is 18.7 Å². The predicted molar refractivity (Wildman–Crippen MR) is 108 cm³/mol. The quantitative estimate of drug-likeness (QED) is 0.784. The Bertz CT molecular complexity index is 989. The fourth-order valence-electron chi connectivity index (χ4n) is 3.37. The highest BCUT2D eigenvalue weighted by atomic mass is 16.5. The first kappa shape index (κ1) is 19.5. The lowest BCUT2D eigenvalue weighted by atomic mass is 10.1. The van der Waals surface area contributed by atoms with Crippen molar-refractivity contribution in [3.05, 3.63) is 45.1 Å². The Kier molecular flexibility index (Phi) is 5.72. The van der Waals surface area contributed by atoms with Gasteiger partial charge in [-0.2, -0.15) is 0 Å². The zero-order valence-electron chi connectivity index (χ0n) is 16.1. The summed E-state index contributed by atoms with van der Waals surface area (Å²) in [7, 11) is 3.03. The summed E-state index contributed by atoms with van der Waals surface area (Å²) in [5, 5.41) is 2.68. The highest BCUT2D eigenvalue weighted by molar-refractivity contribution is 5.90. The highest BCUT2D eigenvalue weighted by Gasteiger charge is 2.23. The van der Waals surface area contributed by atoms with Gasteiger partial charge in [-0.05, 0) is 31.4 Å². The Morgan fingerprint density at radius 1 is 1.21 bits per heavy atom. The standard InChI is InChI=1S/C19H25N5O4/c1-22-17(20)16(23-9-4-3-5-10-23)18(26)24(19(22)27)12-15(25)21-13-7-6-8-14(11-13)28-2/h6-8,11H,3-5,9-10,12,20H2,1-2H3,(H,21,25). The van der Waals surface area contributed by atoms with Gasteiger partial charge >= 0.3 is 5.69 Å². The van der Waals surface area contributed by atoms with Crippen LogP contribution in [0, 0.1) is 0 Å². The van der Waals surface area contributed by atoms with Crippen LogP contribution in [0.15, 0.2) is 33.9 Å². The number of nitrogens with one attached hydrogen (secondary N) is 1. The summed E-state index contributed by atoms with van der Waals surface area (Å²) in [6, 6.07) is 6.84. The molecule has 0 radical (unpaired) electrons. The molecule has 0 unspecified atom stereocenters. The topological polar surface area (TPSA) is 112 Å². The first-order valence-electron chi connectivity index (χ1n) is 9.20. The maximum Gasteiger partial charge on any atom is 0.332 e. The Labute approximate surface area is 162 Å². The van der Waals surface area contributed by atoms with Gasteiger partial charge in [-0.25, -0.2) is 9.36 Å². The first-order valence-corrected chi connectivity index (χ1v) is 9.20. The molecule has 0 saturated carbocycles. The Hall–Kier alpha value is -3.23. The molecule has 0 atom stereocenters. The number of anilines is 3. The van der Waals surface area contributed by atoms with Crippen molar-refractivity contribution in [2.45, 2.75) is 25.8 Å². The number of nitrogens with two attached hydrogens (primary N) is 1. The largest absolute Gasteiger partial charge is 0.497 e. The summed E-state index contributed by atoms with van der Waals surface area (Å²) in [5.74, 6) is 0.230. The van der Waals surface area contributed by atoms with E-state index < -0.39 is 23.7 Å². The van der Waals surface area contributed by atoms with Crippen molar-refractivity contribution in [3.8, 4) is 5.75 Å². The molecule has 0 aliphatic carbocycles. The fourth-order valence-corrected chi connectivity index (χ4v) is 3.37. The monoisotopic (exact) mass is 387 g/mol. The first-order chi connectivity index (χ1) is 13.4. The van der Waals surface area contributed by atoms with Crippen LogP contribution in [0.4, 0.5) is 17.2 Å². The van der Waals surface area contributed by atoms with Crippen LogP contribution in [0.3, 0.4) is 0 Å². The fraction of sp³-hybridized carbons (Fsp3) is 0.421. The normalized spacial score (nSPS) is 14.0. The molecule has 1 aliphatic rings. The third-order valence-corrected chi connectivity index (χ3v) is 4.90. The molecule has 3 N–H and O–H groups in total. The lowest BCUT2D eigenvalue weighted by Gasteiger charge is -2.29. The van der Waals surface area contributed by atoms with Crippen LogP contribution in [0.5, 0.6) is 5.75 Å². The van der Waals surface area contributed by atoms with Crippen LogP contribution in [-0.2, 0) is 18.4 Å². The second-order valence-corrected chi connectivity index (χ2v) is 6.79. The molecule has 1 amide bonds. The van der Waals surface area contributed by atoms with E-state index in [2.05, 4.69) is 5.32 Å². The van der Waals surface area contributed by atoms with Crippen molar-refractivity contribution < 1.29 is 9.53 Å². The van der Waals surface area contributed by atoms with Gasteiger partial charge in [0.15, 0.2) is 0 Å². The van der Waals surface area contributed by atoms with E-state index in [4.69, 9.17) is 10.5 Å². The van der Waals surface area contributed by atoms with Crippen molar-refractivity contribution in [3.63, 3.8) is 0 Å². The van der Waals surface area contributed by atoms with Gasteiger partial charge in [-0.15, -0.1) is 0 Å². The van der Waals surface area contributed by atoms with Crippen LogP contribution in [0.1, 0.15) is 19.3 Å². The molecule has 150 valence electrons. The molecule has 2 heterocycles. The number of carbonyl (C=O) groups is 1. The molecular formula is C19H25N5O4. The third kappa shape index (κ3) is 3.88. The molecule has 0 spiro atoms. The molecule has 1 aromatic carbocycles. The minimum Gasteiger partial charge on any atom is -0.497 e. The summed E-state index contributed by atoms with van der Waals surface area (Å²) in [6.45, 7) is 1.01. The van der Waals surface area contributed by atoms with Crippen molar-refractivity contribution >= 4 is 23.1 Å². The molecule has 1 aliphatic heterocycles. The van der Waals surface area contributed by atoms with Crippen molar-refractivity contribution in [2.75, 3.05) is 36.1 Å². The summed E-state index contributed by atoms with van der Waals surface area (Å²) in [4.78, 5) is 39.9. The van der Waals surface area contributed by atoms with E-state index in [0.29, 0.717) is 24.5 Å². The van der Waals surface area contributed by atoms with Gasteiger partial charge in [0, 0.05) is 31.9 Å². The smallest absolute Gasteiger partial charge is 0.332 e. The number of rotatable bonds is 5. The number of nitrogen functional groups attached to an aromatic ring is 1. The zero-order valence-corrected chi connectivity index (χ0v) is 16.1. The third-order valence-electron chi connectivity index (χ3n) is 4.90. The zero-order chi connectivity index (χ0) is 20.3. The van der Waals surface area contributed by atoms with E-state index in [0.717, 1.165) is 23.8 Å². The van der Waals surface area contributed by atoms with Crippen molar-refractivity contribution in [1.82, 2.24) is 9.13 Å². The molecule has 9 nitrogen and oxygen atoms in total. The second kappa shape index (κ2) is 8.20. The van der Waals surface area contributed by atoms with Crippen LogP contribution in [0.2, 0.25) is 0 Å². The van der Waals surface area contributed by atoms with E-state index >= 15 is 0 Å². The van der Waals surface area contributed by atoms with Gasteiger partial charge in [0.25, 0.3) is 5.56 Å². The van der Waals surface area contributed by atoms with Crippen LogP contribution in [-0.4, -0.2) is 35.2 Å². The number of hydrogen-bond acceptors (Lipinski definition) is 6. The van der Waals surface area contributed by atoms with Gasteiger partial charge in [-0.1, -0.05) is 6.07 Å². The van der Waals surface area contributed by atoms with E-state index in [1.807, 2.05) is 4.90 Å². The molecule has 28 heavy (non-hydrogen) atoms. The van der Waals surface area contributed by atoms with Crippen molar-refractivity contribution in [1.29, 1.82) is 0 Å². The number of piperidine rings is 1. The molecular weight excluding hydrogens is 362 g/mol. The number of ether oxygens (including phenoxy) is 1. The molecule has 0 bridgehead atoms. The summed E-state index contributed by atoms with van der Waals surface area (Å²) >= 11 is 0. The highest BCUT2D eigenvalue weighted by Crippen LogP contribution is 2.21. The molecule has 2 aromatic rings. The Morgan fingerprint density at radius 3 is 2.61 bits per heavy atom. The van der Waals surface area contributed by atoms with Crippen molar-refractivity contribution in [2.24, 2.45) is 7.05 Å². The number of benzene rings is 1. The van der Waals surface area contributed by atoms with Crippen LogP contribution >= 0.6 is 0 Å². The van der Waals surface area contributed by atoms with E-state index in [9.17, 15) is 14.4 Å². The minimum atomic E-state index is -0.621. The Balaban J connectivity index is 1.90. The summed E-state index contributed by atoms with van der Waals surface area (Å²) in [5.41, 5.74) is 5.71. The van der Waals surface area contributed by atoms with E-state index in [-0.39, 0.29) is 11.5 Å². The van der Waals surface area contributed by atoms with Crippen LogP contribution in [0.25, 0.3) is 0 Å². The maximum atomic E-state index is 13.0. The van der Waals surface area contributed by atoms with Gasteiger partial charge in [0.1, 0.15) is 23.8 Å². The number of carbonyl (C=O) groups excluding carboxylic acids is 1. The number of methoxy groups -OCH3 is 1. The molecule has 1 fully saturated rings. The number of amides is 1. The van der Waals surface area contributed by atoms with Gasteiger partial charge in [-0.3, -0.25) is 14.2 Å². The van der Waals surface area contributed by atoms with Gasteiger partial charge in [0.05, 0.1) is 7.11 Å². The predicted octanol–water partition coefficient (Wildman–Crippen LogP) is 0.767. The van der Waals surface area contributed by atoms with Crippen LogP contribution < -0.4 is 31.9 Å². The Morgan fingerprint density at radius 2 is 1.93 bits per heavy atom. The lowest BCUT2D eigenvalue weighted by molar-refractivity contribution is -0.116. The lowest BCUT2D eigenvalue weighted by Crippen LogP contribution is -2.46. The van der Waals surface area contributed by atoms with Gasteiger partial charge < -0.3 is 20.7 Å². The molecule has 1 aromatic heterocycles. The summed E-state index contributed by atoms with van der Waals surface area (Å²) < 4.78 is 7.26. The molecule has 9 heteroatoms. The minimum absolute atomic E-state index is 0.126. The average molecular weight is 387 g/mol. The number of aromatic nitrogens is 2. The SMILES string of the molecule is COc1cccc(NC(=O)Cn2c(=O)c(N3CCCCC3)c(N)n(C)c2=O)c1. The second-order valence-electron chi connectivity index (χ2n) is 6.79. The van der Waals surface area contributed by atoms with Gasteiger partial charge in [0.2, 0.25) is 5.91 Å². The molecule has 3 rings (SSSR count). The molecule has 1 saturated heterocycles. The summed E-state index contributed by atoms with van der Waals surface area (Å²) in [6.07, 6.45) is 3.01. The average Bonchev–Trinajstić information content (AvgIpc) is 2.71. The maximum absolute atomic E-state index is 13.0.